The maximum atomic E-state index is 13.3. The maximum absolute atomic E-state index is 13.3. The minimum atomic E-state index is 0.0236. The molecule has 5 heteroatoms. The quantitative estimate of drug-likeness (QED) is 0.762. The van der Waals surface area contributed by atoms with Crippen molar-refractivity contribution in [1.82, 2.24) is 14.9 Å². The van der Waals surface area contributed by atoms with E-state index in [1.165, 1.54) is 19.2 Å². The van der Waals surface area contributed by atoms with Gasteiger partial charge in [-0.1, -0.05) is 30.3 Å². The first-order valence-electron chi connectivity index (χ1n) is 8.99. The number of anilines is 1. The number of nitrogens with two attached hydrogens (primary N) is 1. The van der Waals surface area contributed by atoms with Crippen molar-refractivity contribution < 1.29 is 4.79 Å². The number of hydrogen-bond acceptors (Lipinski definition) is 4. The second-order valence-electron chi connectivity index (χ2n) is 6.98. The topological polar surface area (TPSA) is 72.1 Å². The zero-order valence-corrected chi connectivity index (χ0v) is 14.8. The highest BCUT2D eigenvalue weighted by Gasteiger charge is 2.30. The molecule has 4 rings (SSSR count). The average molecular weight is 346 g/mol. The number of nitrogens with zero attached hydrogens (tertiary/aromatic N) is 3. The Bertz CT molecular complexity index is 937. The smallest absolute Gasteiger partial charge is 0.254 e. The van der Waals surface area contributed by atoms with Crippen LogP contribution in [0.3, 0.4) is 0 Å². The molecule has 1 aliphatic carbocycles. The molecule has 2 aromatic carbocycles. The highest BCUT2D eigenvalue weighted by atomic mass is 16.2. The normalized spacial score (nSPS) is 15.0. The van der Waals surface area contributed by atoms with Crippen LogP contribution in [-0.2, 0) is 0 Å². The molecule has 2 N–H and O–H groups in total. The van der Waals surface area contributed by atoms with Crippen LogP contribution in [0.15, 0.2) is 54.9 Å². The Morgan fingerprint density at radius 2 is 1.96 bits per heavy atom. The van der Waals surface area contributed by atoms with Gasteiger partial charge in [0.2, 0.25) is 0 Å². The van der Waals surface area contributed by atoms with E-state index in [1.54, 1.807) is 0 Å². The van der Waals surface area contributed by atoms with Crippen LogP contribution in [0.4, 0.5) is 5.82 Å². The van der Waals surface area contributed by atoms with Gasteiger partial charge in [-0.15, -0.1) is 0 Å². The molecule has 3 aromatic rings. The highest BCUT2D eigenvalue weighted by molar-refractivity contribution is 5.99. The van der Waals surface area contributed by atoms with Crippen molar-refractivity contribution in [2.75, 3.05) is 12.3 Å². The summed E-state index contributed by atoms with van der Waals surface area (Å²) < 4.78 is 0. The van der Waals surface area contributed by atoms with Crippen LogP contribution in [-0.4, -0.2) is 27.3 Å². The van der Waals surface area contributed by atoms with Crippen LogP contribution in [0.5, 0.6) is 0 Å². The summed E-state index contributed by atoms with van der Waals surface area (Å²) in [5.74, 6) is 1.08. The molecule has 1 aromatic heterocycles. The first-order valence-corrected chi connectivity index (χ1v) is 8.99. The van der Waals surface area contributed by atoms with Crippen LogP contribution < -0.4 is 5.73 Å². The molecule has 132 valence electrons. The first-order chi connectivity index (χ1) is 12.6. The van der Waals surface area contributed by atoms with Gasteiger partial charge in [0, 0.05) is 17.5 Å². The van der Waals surface area contributed by atoms with E-state index in [0.29, 0.717) is 22.8 Å². The molecule has 0 aliphatic heterocycles. The summed E-state index contributed by atoms with van der Waals surface area (Å²) in [7, 11) is 0. The Morgan fingerprint density at radius 3 is 2.69 bits per heavy atom. The van der Waals surface area contributed by atoms with Crippen LogP contribution >= 0.6 is 0 Å². The predicted molar refractivity (Wildman–Crippen MR) is 103 cm³/mol. The van der Waals surface area contributed by atoms with E-state index in [0.717, 1.165) is 17.5 Å². The Morgan fingerprint density at radius 1 is 1.19 bits per heavy atom. The second kappa shape index (κ2) is 6.75. The van der Waals surface area contributed by atoms with Crippen molar-refractivity contribution >= 4 is 22.6 Å². The van der Waals surface area contributed by atoms with Gasteiger partial charge < -0.3 is 10.6 Å². The number of carbonyl (C=O) groups is 1. The van der Waals surface area contributed by atoms with E-state index in [2.05, 4.69) is 29.0 Å². The molecule has 1 aliphatic rings. The molecule has 0 spiro atoms. The lowest BCUT2D eigenvalue weighted by Gasteiger charge is -2.30. The predicted octanol–water partition coefficient (Wildman–Crippen LogP) is 3.83. The van der Waals surface area contributed by atoms with Crippen molar-refractivity contribution in [3.63, 3.8) is 0 Å². The van der Waals surface area contributed by atoms with Crippen LogP contribution in [0.25, 0.3) is 10.9 Å². The number of hydrogen-bond donors (Lipinski definition) is 1. The van der Waals surface area contributed by atoms with Gasteiger partial charge in [0.15, 0.2) is 0 Å². The molecule has 1 heterocycles. The summed E-state index contributed by atoms with van der Waals surface area (Å²) in [6.07, 6.45) is 3.83. The van der Waals surface area contributed by atoms with Crippen LogP contribution in [0, 0.1) is 5.92 Å². The highest BCUT2D eigenvalue weighted by Crippen LogP contribution is 2.34. The SMILES string of the molecule is CC(c1ccccc1)N(CC1CC1)C(=O)c1ccc2c(N)ncnc2c1. The third-order valence-electron chi connectivity index (χ3n) is 5.08. The fourth-order valence-corrected chi connectivity index (χ4v) is 3.28. The number of nitrogen functional groups attached to an aromatic ring is 1. The van der Waals surface area contributed by atoms with Crippen molar-refractivity contribution in [2.45, 2.75) is 25.8 Å². The van der Waals surface area contributed by atoms with Crippen molar-refractivity contribution in [2.24, 2.45) is 5.92 Å². The Kier molecular flexibility index (Phi) is 4.29. The number of aromatic nitrogens is 2. The molecule has 1 unspecified atom stereocenters. The summed E-state index contributed by atoms with van der Waals surface area (Å²) in [5, 5.41) is 0.772. The van der Waals surface area contributed by atoms with Crippen LogP contribution in [0.1, 0.15) is 41.7 Å². The maximum Gasteiger partial charge on any atom is 0.254 e. The van der Waals surface area contributed by atoms with Crippen molar-refractivity contribution in [3.05, 3.63) is 66.0 Å². The Balaban J connectivity index is 1.68. The number of carbonyl (C=O) groups excluding carboxylic acids is 1. The number of amides is 1. The third-order valence-corrected chi connectivity index (χ3v) is 5.08. The lowest BCUT2D eigenvalue weighted by molar-refractivity contribution is 0.0680. The molecule has 1 saturated carbocycles. The molecule has 0 bridgehead atoms. The second-order valence-corrected chi connectivity index (χ2v) is 6.98. The van der Waals surface area contributed by atoms with Gasteiger partial charge in [-0.05, 0) is 49.4 Å². The molecule has 0 radical (unpaired) electrons. The summed E-state index contributed by atoms with van der Waals surface area (Å²) in [6, 6.07) is 15.7. The third kappa shape index (κ3) is 3.25. The van der Waals surface area contributed by atoms with E-state index in [9.17, 15) is 4.79 Å². The molecule has 0 saturated heterocycles. The molecule has 26 heavy (non-hydrogen) atoms. The van der Waals surface area contributed by atoms with Gasteiger partial charge >= 0.3 is 0 Å². The monoisotopic (exact) mass is 346 g/mol. The minimum Gasteiger partial charge on any atom is -0.383 e. The lowest BCUT2D eigenvalue weighted by atomic mass is 10.0. The molecule has 1 atom stereocenters. The van der Waals surface area contributed by atoms with Gasteiger partial charge in [0.05, 0.1) is 11.6 Å². The molecular formula is C21H22N4O. The standard InChI is InChI=1S/C21H22N4O/c1-14(16-5-3-2-4-6-16)25(12-15-7-8-15)21(26)17-9-10-18-19(11-17)23-13-24-20(18)22/h2-6,9-11,13-15H,7-8,12H2,1H3,(H2,22,23,24). The summed E-state index contributed by atoms with van der Waals surface area (Å²) in [6.45, 7) is 2.88. The minimum absolute atomic E-state index is 0.0236. The molecule has 1 fully saturated rings. The first kappa shape index (κ1) is 16.5. The zero-order valence-electron chi connectivity index (χ0n) is 14.8. The van der Waals surface area contributed by atoms with E-state index in [1.807, 2.05) is 41.3 Å². The van der Waals surface area contributed by atoms with E-state index < -0.39 is 0 Å². The molecule has 5 nitrogen and oxygen atoms in total. The molecule has 1 amide bonds. The van der Waals surface area contributed by atoms with Gasteiger partial charge in [0.25, 0.3) is 5.91 Å². The fraction of sp³-hybridized carbons (Fsp3) is 0.286. The number of rotatable bonds is 5. The largest absolute Gasteiger partial charge is 0.383 e. The van der Waals surface area contributed by atoms with E-state index in [4.69, 9.17) is 5.73 Å². The Hall–Kier alpha value is -2.95. The van der Waals surface area contributed by atoms with Gasteiger partial charge in [-0.2, -0.15) is 0 Å². The number of fused-ring (bicyclic) bond motifs is 1. The molecular weight excluding hydrogens is 324 g/mol. The van der Waals surface area contributed by atoms with Gasteiger partial charge in [0.1, 0.15) is 12.1 Å². The Labute approximate surface area is 152 Å². The lowest BCUT2D eigenvalue weighted by Crippen LogP contribution is -2.35. The summed E-state index contributed by atoms with van der Waals surface area (Å²) in [4.78, 5) is 23.6. The summed E-state index contributed by atoms with van der Waals surface area (Å²) in [5.41, 5.74) is 8.38. The van der Waals surface area contributed by atoms with Gasteiger partial charge in [-0.25, -0.2) is 9.97 Å². The van der Waals surface area contributed by atoms with Crippen LogP contribution in [0.2, 0.25) is 0 Å². The van der Waals surface area contributed by atoms with Gasteiger partial charge in [-0.3, -0.25) is 4.79 Å². The number of benzene rings is 2. The fourth-order valence-electron chi connectivity index (χ4n) is 3.28. The summed E-state index contributed by atoms with van der Waals surface area (Å²) >= 11 is 0. The van der Waals surface area contributed by atoms with E-state index in [-0.39, 0.29) is 11.9 Å². The zero-order chi connectivity index (χ0) is 18.1. The van der Waals surface area contributed by atoms with Crippen molar-refractivity contribution in [3.8, 4) is 0 Å². The van der Waals surface area contributed by atoms with Crippen molar-refractivity contribution in [1.29, 1.82) is 0 Å². The average Bonchev–Trinajstić information content (AvgIpc) is 3.50. The van der Waals surface area contributed by atoms with E-state index >= 15 is 0 Å².